The first kappa shape index (κ1) is 15.3. The average molecular weight is 287 g/mol. The summed E-state index contributed by atoms with van der Waals surface area (Å²) in [6, 6.07) is 7.96. The molecule has 1 aromatic heterocycles. The van der Waals surface area contributed by atoms with Gasteiger partial charge in [0.1, 0.15) is 5.69 Å². The summed E-state index contributed by atoms with van der Waals surface area (Å²) in [7, 11) is 1.70. The third-order valence-corrected chi connectivity index (χ3v) is 3.41. The standard InChI is InChI=1S/C17H21NO3/c1-4-12(8-9-20-3)13-6-7-15-14(10-13)11-16(18-15)17(19)21-5-2/h4,6-7,10-11,18H,5,8-9H2,1-3H3/b12-4+. The van der Waals surface area contributed by atoms with Crippen molar-refractivity contribution in [2.75, 3.05) is 20.3 Å². The fourth-order valence-corrected chi connectivity index (χ4v) is 2.32. The molecule has 1 aromatic carbocycles. The number of carbonyl (C=O) groups is 1. The number of methoxy groups -OCH3 is 1. The zero-order valence-corrected chi connectivity index (χ0v) is 12.7. The number of hydrogen-bond acceptors (Lipinski definition) is 3. The lowest BCUT2D eigenvalue weighted by Crippen LogP contribution is -2.04. The molecule has 0 aliphatic carbocycles. The number of H-pyrrole nitrogens is 1. The van der Waals surface area contributed by atoms with Gasteiger partial charge in [0.2, 0.25) is 0 Å². The predicted octanol–water partition coefficient (Wildman–Crippen LogP) is 3.78. The van der Waals surface area contributed by atoms with Crippen LogP contribution in [0, 0.1) is 0 Å². The van der Waals surface area contributed by atoms with Crippen LogP contribution < -0.4 is 0 Å². The van der Waals surface area contributed by atoms with Crippen LogP contribution in [0.1, 0.15) is 36.3 Å². The Morgan fingerprint density at radius 1 is 1.33 bits per heavy atom. The molecule has 0 amide bonds. The van der Waals surface area contributed by atoms with Crippen molar-refractivity contribution in [3.8, 4) is 0 Å². The lowest BCUT2D eigenvalue weighted by Gasteiger charge is -2.07. The molecule has 4 nitrogen and oxygen atoms in total. The van der Waals surface area contributed by atoms with Crippen molar-refractivity contribution in [2.24, 2.45) is 0 Å². The Labute approximate surface area is 124 Å². The van der Waals surface area contributed by atoms with Crippen molar-refractivity contribution in [2.45, 2.75) is 20.3 Å². The molecule has 0 radical (unpaired) electrons. The predicted molar refractivity (Wildman–Crippen MR) is 84.4 cm³/mol. The molecule has 0 spiro atoms. The van der Waals surface area contributed by atoms with Crippen LogP contribution in [-0.2, 0) is 9.47 Å². The van der Waals surface area contributed by atoms with Crippen LogP contribution in [0.4, 0.5) is 0 Å². The van der Waals surface area contributed by atoms with Gasteiger partial charge in [-0.2, -0.15) is 0 Å². The second-order valence-electron chi connectivity index (χ2n) is 4.76. The highest BCUT2D eigenvalue weighted by Gasteiger charge is 2.11. The number of aromatic amines is 1. The number of nitrogens with one attached hydrogen (secondary N) is 1. The summed E-state index contributed by atoms with van der Waals surface area (Å²) in [6.45, 7) is 4.89. The summed E-state index contributed by atoms with van der Waals surface area (Å²) >= 11 is 0. The summed E-state index contributed by atoms with van der Waals surface area (Å²) in [5.74, 6) is -0.319. The van der Waals surface area contributed by atoms with E-state index in [2.05, 4.69) is 23.2 Å². The van der Waals surface area contributed by atoms with Crippen molar-refractivity contribution in [3.63, 3.8) is 0 Å². The Balaban J connectivity index is 2.31. The fourth-order valence-electron chi connectivity index (χ4n) is 2.32. The number of hydrogen-bond donors (Lipinski definition) is 1. The topological polar surface area (TPSA) is 51.3 Å². The minimum Gasteiger partial charge on any atom is -0.461 e. The van der Waals surface area contributed by atoms with E-state index in [1.54, 1.807) is 14.0 Å². The van der Waals surface area contributed by atoms with E-state index in [4.69, 9.17) is 9.47 Å². The smallest absolute Gasteiger partial charge is 0.354 e. The first-order valence-electron chi connectivity index (χ1n) is 7.14. The van der Waals surface area contributed by atoms with Crippen molar-refractivity contribution in [3.05, 3.63) is 41.6 Å². The lowest BCUT2D eigenvalue weighted by molar-refractivity contribution is 0.0520. The molecule has 0 saturated heterocycles. The molecule has 0 aliphatic rings. The second kappa shape index (κ2) is 7.09. The van der Waals surface area contributed by atoms with E-state index >= 15 is 0 Å². The maximum Gasteiger partial charge on any atom is 0.354 e. The second-order valence-corrected chi connectivity index (χ2v) is 4.76. The van der Waals surface area contributed by atoms with E-state index in [9.17, 15) is 4.79 Å². The number of benzene rings is 1. The van der Waals surface area contributed by atoms with Gasteiger partial charge in [-0.05, 0) is 49.6 Å². The highest BCUT2D eigenvalue weighted by atomic mass is 16.5. The number of ether oxygens (including phenoxy) is 2. The summed E-state index contributed by atoms with van der Waals surface area (Å²) in [5, 5.41) is 1.01. The molecule has 0 unspecified atom stereocenters. The maximum atomic E-state index is 11.7. The van der Waals surface area contributed by atoms with E-state index in [0.717, 1.165) is 22.9 Å². The quantitative estimate of drug-likeness (QED) is 0.822. The number of fused-ring (bicyclic) bond motifs is 1. The molecule has 0 atom stereocenters. The summed E-state index contributed by atoms with van der Waals surface area (Å²) < 4.78 is 10.1. The molecule has 21 heavy (non-hydrogen) atoms. The van der Waals surface area contributed by atoms with Crippen molar-refractivity contribution < 1.29 is 14.3 Å². The molecular weight excluding hydrogens is 266 g/mol. The zero-order chi connectivity index (χ0) is 15.2. The van der Waals surface area contributed by atoms with E-state index in [-0.39, 0.29) is 5.97 Å². The number of aromatic nitrogens is 1. The molecule has 0 saturated carbocycles. The van der Waals surface area contributed by atoms with E-state index in [1.165, 1.54) is 5.57 Å². The number of allylic oxidation sites excluding steroid dienone is 1. The SMILES string of the molecule is C/C=C(\CCOC)c1ccc2[nH]c(C(=O)OCC)cc2c1. The van der Waals surface area contributed by atoms with Gasteiger partial charge < -0.3 is 14.5 Å². The van der Waals surface area contributed by atoms with Crippen LogP contribution in [0.3, 0.4) is 0 Å². The molecule has 0 fully saturated rings. The van der Waals surface area contributed by atoms with Crippen LogP contribution in [0.5, 0.6) is 0 Å². The van der Waals surface area contributed by atoms with Gasteiger partial charge in [-0.3, -0.25) is 0 Å². The molecule has 112 valence electrons. The monoisotopic (exact) mass is 287 g/mol. The normalized spacial score (nSPS) is 11.9. The zero-order valence-electron chi connectivity index (χ0n) is 12.7. The minimum absolute atomic E-state index is 0.319. The van der Waals surface area contributed by atoms with Crippen LogP contribution in [0.15, 0.2) is 30.3 Å². The summed E-state index contributed by atoms with van der Waals surface area (Å²) in [4.78, 5) is 14.8. The summed E-state index contributed by atoms with van der Waals surface area (Å²) in [6.07, 6.45) is 2.97. The average Bonchev–Trinajstić information content (AvgIpc) is 2.91. The van der Waals surface area contributed by atoms with Crippen molar-refractivity contribution in [1.82, 2.24) is 4.98 Å². The third kappa shape index (κ3) is 3.52. The van der Waals surface area contributed by atoms with E-state index in [1.807, 2.05) is 19.1 Å². The number of carbonyl (C=O) groups excluding carboxylic acids is 1. The van der Waals surface area contributed by atoms with Crippen LogP contribution in [-0.4, -0.2) is 31.3 Å². The molecule has 1 heterocycles. The Morgan fingerprint density at radius 3 is 2.81 bits per heavy atom. The molecule has 4 heteroatoms. The fraction of sp³-hybridized carbons (Fsp3) is 0.353. The lowest BCUT2D eigenvalue weighted by atomic mass is 10.0. The summed E-state index contributed by atoms with van der Waals surface area (Å²) in [5.41, 5.74) is 3.81. The van der Waals surface area contributed by atoms with Crippen LogP contribution in [0.25, 0.3) is 16.5 Å². The molecule has 0 bridgehead atoms. The molecular formula is C17H21NO3. The van der Waals surface area contributed by atoms with Gasteiger partial charge in [0.25, 0.3) is 0 Å². The first-order chi connectivity index (χ1) is 10.2. The third-order valence-electron chi connectivity index (χ3n) is 3.41. The molecule has 2 rings (SSSR count). The van der Waals surface area contributed by atoms with Gasteiger partial charge in [-0.1, -0.05) is 12.1 Å². The van der Waals surface area contributed by atoms with E-state index < -0.39 is 0 Å². The number of rotatable bonds is 6. The minimum atomic E-state index is -0.319. The van der Waals surface area contributed by atoms with Crippen LogP contribution in [0.2, 0.25) is 0 Å². The molecule has 2 aromatic rings. The van der Waals surface area contributed by atoms with Gasteiger partial charge in [-0.15, -0.1) is 0 Å². The largest absolute Gasteiger partial charge is 0.461 e. The Bertz CT molecular complexity index is 655. The van der Waals surface area contributed by atoms with Gasteiger partial charge in [0.15, 0.2) is 0 Å². The maximum absolute atomic E-state index is 11.7. The highest BCUT2D eigenvalue weighted by Crippen LogP contribution is 2.24. The first-order valence-corrected chi connectivity index (χ1v) is 7.14. The number of esters is 1. The highest BCUT2D eigenvalue weighted by molar-refractivity contribution is 5.95. The van der Waals surface area contributed by atoms with Crippen LogP contribution >= 0.6 is 0 Å². The molecule has 0 aliphatic heterocycles. The van der Waals surface area contributed by atoms with E-state index in [0.29, 0.717) is 18.9 Å². The van der Waals surface area contributed by atoms with Crippen molar-refractivity contribution in [1.29, 1.82) is 0 Å². The Hall–Kier alpha value is -2.07. The van der Waals surface area contributed by atoms with Gasteiger partial charge in [-0.25, -0.2) is 4.79 Å². The Morgan fingerprint density at radius 2 is 2.14 bits per heavy atom. The van der Waals surface area contributed by atoms with Crippen molar-refractivity contribution >= 4 is 22.4 Å². The van der Waals surface area contributed by atoms with Gasteiger partial charge >= 0.3 is 5.97 Å². The Kier molecular flexibility index (Phi) is 5.17. The van der Waals surface area contributed by atoms with Gasteiger partial charge in [0.05, 0.1) is 13.2 Å². The van der Waals surface area contributed by atoms with Gasteiger partial charge in [0, 0.05) is 18.0 Å². The molecule has 1 N–H and O–H groups in total.